The van der Waals surface area contributed by atoms with Gasteiger partial charge < -0.3 is 4.74 Å². The van der Waals surface area contributed by atoms with E-state index in [1.165, 1.54) is 0 Å². The second-order valence-corrected chi connectivity index (χ2v) is 6.46. The van der Waals surface area contributed by atoms with Crippen LogP contribution in [0.5, 0.6) is 0 Å². The Morgan fingerprint density at radius 2 is 2.05 bits per heavy atom. The van der Waals surface area contributed by atoms with Gasteiger partial charge in [-0.3, -0.25) is 5.32 Å². The molecule has 1 aliphatic rings. The number of carbonyl (C=O) groups excluding carboxylic acids is 1. The van der Waals surface area contributed by atoms with Gasteiger partial charge in [0.25, 0.3) is 0 Å². The monoisotopic (exact) mass is 295 g/mol. The van der Waals surface area contributed by atoms with E-state index in [1.54, 1.807) is 6.07 Å². The van der Waals surface area contributed by atoms with Gasteiger partial charge in [0.1, 0.15) is 6.10 Å². The maximum absolute atomic E-state index is 11.8. The molecule has 1 N–H and O–H groups in total. The van der Waals surface area contributed by atoms with Crippen LogP contribution in [0.4, 0.5) is 10.5 Å². The fraction of sp³-hybridized carbons (Fsp3) is 0.562. The molecule has 0 saturated heterocycles. The van der Waals surface area contributed by atoms with Crippen molar-refractivity contribution in [2.75, 3.05) is 5.32 Å². The van der Waals surface area contributed by atoms with Gasteiger partial charge in [0.05, 0.1) is 0 Å². The van der Waals surface area contributed by atoms with Crippen LogP contribution in [0.25, 0.3) is 0 Å². The third-order valence-corrected chi connectivity index (χ3v) is 3.64. The normalized spacial score (nSPS) is 16.1. The summed E-state index contributed by atoms with van der Waals surface area (Å²) in [7, 11) is 0. The van der Waals surface area contributed by atoms with E-state index in [-0.39, 0.29) is 6.10 Å². The highest BCUT2D eigenvalue weighted by Crippen LogP contribution is 2.34. The Hall–Kier alpha value is -1.22. The van der Waals surface area contributed by atoms with Crippen LogP contribution in [0, 0.1) is 11.8 Å². The molecule has 1 amide bonds. The maximum Gasteiger partial charge on any atom is 0.411 e. The lowest BCUT2D eigenvalue weighted by Gasteiger charge is -2.14. The number of hydrogen-bond donors (Lipinski definition) is 1. The summed E-state index contributed by atoms with van der Waals surface area (Å²) in [5.74, 6) is 1.08. The number of hydrogen-bond acceptors (Lipinski definition) is 2. The van der Waals surface area contributed by atoms with Gasteiger partial charge in [-0.2, -0.15) is 0 Å². The molecule has 0 spiro atoms. The first-order chi connectivity index (χ1) is 9.44. The number of amides is 1. The van der Waals surface area contributed by atoms with Crippen molar-refractivity contribution < 1.29 is 9.53 Å². The number of nitrogens with one attached hydrogen (secondary N) is 1. The quantitative estimate of drug-likeness (QED) is 0.840. The zero-order valence-corrected chi connectivity index (χ0v) is 13.0. The lowest BCUT2D eigenvalue weighted by Crippen LogP contribution is -2.21. The Labute approximate surface area is 125 Å². The fourth-order valence-corrected chi connectivity index (χ4v) is 2.55. The van der Waals surface area contributed by atoms with Gasteiger partial charge in [0, 0.05) is 10.7 Å². The van der Waals surface area contributed by atoms with Crippen molar-refractivity contribution in [1.82, 2.24) is 0 Å². The zero-order chi connectivity index (χ0) is 14.7. The van der Waals surface area contributed by atoms with Gasteiger partial charge in [0.15, 0.2) is 0 Å². The van der Waals surface area contributed by atoms with E-state index in [0.717, 1.165) is 24.8 Å². The summed E-state index contributed by atoms with van der Waals surface area (Å²) >= 11 is 6.09. The van der Waals surface area contributed by atoms with Crippen molar-refractivity contribution in [2.45, 2.75) is 46.1 Å². The minimum atomic E-state index is -0.401. The summed E-state index contributed by atoms with van der Waals surface area (Å²) in [5.41, 5.74) is 1.82. The topological polar surface area (TPSA) is 38.3 Å². The molecule has 2 rings (SSSR count). The summed E-state index contributed by atoms with van der Waals surface area (Å²) in [6.07, 6.45) is 2.84. The van der Waals surface area contributed by atoms with E-state index in [9.17, 15) is 4.79 Å². The zero-order valence-electron chi connectivity index (χ0n) is 12.3. The van der Waals surface area contributed by atoms with E-state index in [2.05, 4.69) is 19.2 Å². The van der Waals surface area contributed by atoms with Crippen LogP contribution < -0.4 is 5.32 Å². The Morgan fingerprint density at radius 3 is 2.65 bits per heavy atom. The predicted octanol–water partition coefficient (Wildman–Crippen LogP) is 4.89. The van der Waals surface area contributed by atoms with Crippen molar-refractivity contribution >= 4 is 23.4 Å². The van der Waals surface area contributed by atoms with Crippen LogP contribution in [0.2, 0.25) is 5.02 Å². The second-order valence-electron chi connectivity index (χ2n) is 6.02. The summed E-state index contributed by atoms with van der Waals surface area (Å²) in [6.45, 7) is 6.25. The third kappa shape index (κ3) is 4.71. The van der Waals surface area contributed by atoms with Crippen molar-refractivity contribution in [3.05, 3.63) is 28.8 Å². The third-order valence-electron chi connectivity index (χ3n) is 3.43. The number of carbonyl (C=O) groups is 1. The largest absolute Gasteiger partial charge is 0.446 e. The van der Waals surface area contributed by atoms with Crippen LogP contribution in [-0.2, 0) is 11.2 Å². The molecule has 1 atom stereocenters. The molecule has 1 fully saturated rings. The molecule has 0 radical (unpaired) electrons. The first kappa shape index (κ1) is 15.2. The summed E-state index contributed by atoms with van der Waals surface area (Å²) < 4.78 is 5.35. The Kier molecular flexibility index (Phi) is 4.92. The van der Waals surface area contributed by atoms with E-state index >= 15 is 0 Å². The van der Waals surface area contributed by atoms with E-state index in [0.29, 0.717) is 22.5 Å². The van der Waals surface area contributed by atoms with Crippen LogP contribution >= 0.6 is 11.6 Å². The maximum atomic E-state index is 11.8. The van der Waals surface area contributed by atoms with Crippen molar-refractivity contribution in [3.8, 4) is 0 Å². The molecular formula is C16H22ClNO2. The molecule has 1 aromatic carbocycles. The van der Waals surface area contributed by atoms with E-state index in [1.807, 2.05) is 19.1 Å². The molecule has 1 aliphatic carbocycles. The Morgan fingerprint density at radius 1 is 1.35 bits per heavy atom. The van der Waals surface area contributed by atoms with Gasteiger partial charge in [-0.1, -0.05) is 25.4 Å². The lowest BCUT2D eigenvalue weighted by atomic mass is 10.0. The highest BCUT2D eigenvalue weighted by molar-refractivity contribution is 6.31. The first-order valence-electron chi connectivity index (χ1n) is 7.21. The number of benzene rings is 1. The number of ether oxygens (including phenoxy) is 1. The molecule has 0 aliphatic heterocycles. The minimum Gasteiger partial charge on any atom is -0.446 e. The summed E-state index contributed by atoms with van der Waals surface area (Å²) in [6, 6.07) is 5.63. The first-order valence-corrected chi connectivity index (χ1v) is 7.59. The Balaban J connectivity index is 1.96. The number of anilines is 1. The van der Waals surface area contributed by atoms with Crippen LogP contribution in [-0.4, -0.2) is 12.2 Å². The lowest BCUT2D eigenvalue weighted by molar-refractivity contribution is 0.108. The molecule has 110 valence electrons. The van der Waals surface area contributed by atoms with Crippen LogP contribution in [0.3, 0.4) is 0 Å². The summed E-state index contributed by atoms with van der Waals surface area (Å²) in [5, 5.41) is 3.40. The number of rotatable bonds is 5. The van der Waals surface area contributed by atoms with E-state index in [4.69, 9.17) is 16.3 Å². The van der Waals surface area contributed by atoms with Gasteiger partial charge in [-0.15, -0.1) is 0 Å². The predicted molar refractivity (Wildman–Crippen MR) is 82.3 cm³/mol. The Bertz CT molecular complexity index is 483. The standard InChI is InChI=1S/C16H22ClNO2/c1-10(2)6-12-7-14(17)9-15(8-12)18-16(19)20-11(3)13-4-5-13/h7-11,13H,4-6H2,1-3H3,(H,18,19). The average Bonchev–Trinajstić information content (AvgIpc) is 3.09. The van der Waals surface area contributed by atoms with Gasteiger partial charge in [-0.05, 0) is 61.8 Å². The fourth-order valence-electron chi connectivity index (χ4n) is 2.29. The molecule has 0 heterocycles. The highest BCUT2D eigenvalue weighted by atomic mass is 35.5. The van der Waals surface area contributed by atoms with Gasteiger partial charge >= 0.3 is 6.09 Å². The van der Waals surface area contributed by atoms with Gasteiger partial charge in [0.2, 0.25) is 0 Å². The molecule has 0 aromatic heterocycles. The van der Waals surface area contributed by atoms with Crippen molar-refractivity contribution in [1.29, 1.82) is 0 Å². The highest BCUT2D eigenvalue weighted by Gasteiger charge is 2.30. The molecular weight excluding hydrogens is 274 g/mol. The number of halogens is 1. The van der Waals surface area contributed by atoms with Crippen LogP contribution in [0.1, 0.15) is 39.2 Å². The average molecular weight is 296 g/mol. The molecule has 1 unspecified atom stereocenters. The second kappa shape index (κ2) is 6.49. The SMILES string of the molecule is CC(C)Cc1cc(Cl)cc(NC(=O)OC(C)C2CC2)c1. The minimum absolute atomic E-state index is 0.00989. The van der Waals surface area contributed by atoms with Crippen molar-refractivity contribution in [2.24, 2.45) is 11.8 Å². The molecule has 20 heavy (non-hydrogen) atoms. The van der Waals surface area contributed by atoms with Gasteiger partial charge in [-0.25, -0.2) is 4.79 Å². The molecule has 0 bridgehead atoms. The van der Waals surface area contributed by atoms with Crippen LogP contribution in [0.15, 0.2) is 18.2 Å². The van der Waals surface area contributed by atoms with Crippen molar-refractivity contribution in [3.63, 3.8) is 0 Å². The molecule has 4 heteroatoms. The molecule has 1 aromatic rings. The van der Waals surface area contributed by atoms with E-state index < -0.39 is 6.09 Å². The molecule has 3 nitrogen and oxygen atoms in total. The smallest absolute Gasteiger partial charge is 0.411 e. The summed E-state index contributed by atoms with van der Waals surface area (Å²) in [4.78, 5) is 11.8. The molecule has 1 saturated carbocycles.